The Bertz CT molecular complexity index is 301. The summed E-state index contributed by atoms with van der Waals surface area (Å²) in [5.74, 6) is 0.568. The second-order valence-corrected chi connectivity index (χ2v) is 2.52. The van der Waals surface area contributed by atoms with E-state index >= 15 is 0 Å². The molecule has 68 valence electrons. The van der Waals surface area contributed by atoms with Gasteiger partial charge in [0.25, 0.3) is 0 Å². The second kappa shape index (κ2) is 4.42. The second-order valence-electron chi connectivity index (χ2n) is 2.08. The lowest BCUT2D eigenvalue weighted by atomic mass is 10.4. The van der Waals surface area contributed by atoms with Crippen LogP contribution in [0.2, 0.25) is 5.02 Å². The Balaban J connectivity index is 2.95. The minimum absolute atomic E-state index is 0.284. The highest BCUT2D eigenvalue weighted by atomic mass is 35.5. The van der Waals surface area contributed by atoms with Crippen LogP contribution in [0.15, 0.2) is 12.1 Å². The van der Waals surface area contributed by atoms with E-state index in [9.17, 15) is 9.59 Å². The molecule has 2 N–H and O–H groups in total. The Labute approximate surface area is 79.1 Å². The third-order valence-corrected chi connectivity index (χ3v) is 1.42. The van der Waals surface area contributed by atoms with Gasteiger partial charge in [0.1, 0.15) is 11.6 Å². The quantitative estimate of drug-likeness (QED) is 0.707. The lowest BCUT2D eigenvalue weighted by Crippen LogP contribution is -2.01. The third kappa shape index (κ3) is 2.72. The highest BCUT2D eigenvalue weighted by Crippen LogP contribution is 2.17. The topological polar surface area (TPSA) is 71.1 Å². The molecule has 0 saturated carbocycles. The Morgan fingerprint density at radius 3 is 2.00 bits per heavy atom. The summed E-state index contributed by atoms with van der Waals surface area (Å²) in [4.78, 5) is 24.0. The highest BCUT2D eigenvalue weighted by Gasteiger charge is 1.99. The maximum absolute atomic E-state index is 10.1. The number of nitrogens with zero attached hydrogens (tertiary/aromatic N) is 1. The average Bonchev–Trinajstić information content (AvgIpc) is 2.04. The van der Waals surface area contributed by atoms with E-state index in [4.69, 9.17) is 11.6 Å². The van der Waals surface area contributed by atoms with Gasteiger partial charge in [-0.2, -0.15) is 0 Å². The van der Waals surface area contributed by atoms with Gasteiger partial charge < -0.3 is 10.6 Å². The number of halogens is 1. The van der Waals surface area contributed by atoms with Gasteiger partial charge in [-0.3, -0.25) is 9.59 Å². The molecule has 0 radical (unpaired) electrons. The van der Waals surface area contributed by atoms with Crippen molar-refractivity contribution in [3.05, 3.63) is 17.2 Å². The maximum Gasteiger partial charge on any atom is 0.212 e. The van der Waals surface area contributed by atoms with Gasteiger partial charge in [-0.05, 0) is 12.1 Å². The molecule has 0 aliphatic rings. The Hall–Kier alpha value is -1.62. The summed E-state index contributed by atoms with van der Waals surface area (Å²) < 4.78 is 0. The van der Waals surface area contributed by atoms with Crippen LogP contribution in [-0.4, -0.2) is 17.8 Å². The van der Waals surface area contributed by atoms with Crippen molar-refractivity contribution in [3.63, 3.8) is 0 Å². The Morgan fingerprint density at radius 2 is 1.62 bits per heavy atom. The third-order valence-electron chi connectivity index (χ3n) is 1.20. The van der Waals surface area contributed by atoms with Crippen molar-refractivity contribution in [3.8, 4) is 0 Å². The SMILES string of the molecule is O=CNc1cc(Cl)cc(NC=O)n1. The van der Waals surface area contributed by atoms with Crippen LogP contribution in [0.1, 0.15) is 0 Å². The fourth-order valence-electron chi connectivity index (χ4n) is 0.766. The van der Waals surface area contributed by atoms with Crippen LogP contribution >= 0.6 is 11.6 Å². The lowest BCUT2D eigenvalue weighted by Gasteiger charge is -2.02. The molecule has 5 nitrogen and oxygen atoms in total. The van der Waals surface area contributed by atoms with E-state index in [0.29, 0.717) is 17.8 Å². The lowest BCUT2D eigenvalue weighted by molar-refractivity contribution is -0.106. The molecule has 1 rings (SSSR count). The molecular formula is C7H6ClN3O2. The largest absolute Gasteiger partial charge is 0.313 e. The van der Waals surface area contributed by atoms with E-state index < -0.39 is 0 Å². The summed E-state index contributed by atoms with van der Waals surface area (Å²) in [5, 5.41) is 5.01. The van der Waals surface area contributed by atoms with E-state index in [2.05, 4.69) is 15.6 Å². The first-order valence-corrected chi connectivity index (χ1v) is 3.72. The van der Waals surface area contributed by atoms with Crippen LogP contribution in [0.5, 0.6) is 0 Å². The first-order chi connectivity index (χ1) is 6.26. The fraction of sp³-hybridized carbons (Fsp3) is 0. The van der Waals surface area contributed by atoms with Crippen LogP contribution < -0.4 is 10.6 Å². The van der Waals surface area contributed by atoms with Crippen LogP contribution in [-0.2, 0) is 9.59 Å². The van der Waals surface area contributed by atoms with E-state index in [1.165, 1.54) is 12.1 Å². The molecule has 0 aromatic carbocycles. The monoisotopic (exact) mass is 199 g/mol. The predicted octanol–water partition coefficient (Wildman–Crippen LogP) is 0.872. The molecular weight excluding hydrogens is 194 g/mol. The molecule has 6 heteroatoms. The number of aromatic nitrogens is 1. The van der Waals surface area contributed by atoms with Crippen molar-refractivity contribution in [2.24, 2.45) is 0 Å². The zero-order valence-electron chi connectivity index (χ0n) is 6.45. The number of pyridine rings is 1. The molecule has 0 spiro atoms. The summed E-state index contributed by atoms with van der Waals surface area (Å²) >= 11 is 5.67. The smallest absolute Gasteiger partial charge is 0.212 e. The standard InChI is InChI=1S/C7H6ClN3O2/c8-5-1-6(9-3-12)11-7(2-5)10-4-13/h1-4H,(H2,9,10,11,12,13). The summed E-state index contributed by atoms with van der Waals surface area (Å²) in [7, 11) is 0. The van der Waals surface area contributed by atoms with Crippen LogP contribution in [0.25, 0.3) is 0 Å². The number of rotatable bonds is 4. The number of nitrogens with one attached hydrogen (secondary N) is 2. The van der Waals surface area contributed by atoms with Gasteiger partial charge in [0, 0.05) is 5.02 Å². The first kappa shape index (κ1) is 9.47. The normalized spacial score (nSPS) is 9.00. The van der Waals surface area contributed by atoms with Gasteiger partial charge in [0.15, 0.2) is 0 Å². The van der Waals surface area contributed by atoms with Crippen LogP contribution in [0.4, 0.5) is 11.6 Å². The Kier molecular flexibility index (Phi) is 3.22. The molecule has 0 aliphatic carbocycles. The van der Waals surface area contributed by atoms with E-state index in [-0.39, 0.29) is 11.6 Å². The summed E-state index contributed by atoms with van der Waals surface area (Å²) in [6, 6.07) is 2.93. The summed E-state index contributed by atoms with van der Waals surface area (Å²) in [5.41, 5.74) is 0. The molecule has 0 fully saturated rings. The van der Waals surface area contributed by atoms with Gasteiger partial charge in [0.2, 0.25) is 12.8 Å². The van der Waals surface area contributed by atoms with Gasteiger partial charge in [0.05, 0.1) is 0 Å². The van der Waals surface area contributed by atoms with Crippen molar-refractivity contribution >= 4 is 36.1 Å². The van der Waals surface area contributed by atoms with Crippen LogP contribution in [0, 0.1) is 0 Å². The average molecular weight is 200 g/mol. The summed E-state index contributed by atoms with van der Waals surface area (Å²) in [6.45, 7) is 0. The minimum Gasteiger partial charge on any atom is -0.313 e. The first-order valence-electron chi connectivity index (χ1n) is 3.34. The highest BCUT2D eigenvalue weighted by molar-refractivity contribution is 6.31. The molecule has 1 aromatic heterocycles. The van der Waals surface area contributed by atoms with Crippen molar-refractivity contribution in [1.82, 2.24) is 4.98 Å². The predicted molar refractivity (Wildman–Crippen MR) is 48.6 cm³/mol. The van der Waals surface area contributed by atoms with Crippen molar-refractivity contribution in [2.45, 2.75) is 0 Å². The molecule has 0 saturated heterocycles. The minimum atomic E-state index is 0.284. The Morgan fingerprint density at radius 1 is 1.15 bits per heavy atom. The van der Waals surface area contributed by atoms with Crippen LogP contribution in [0.3, 0.4) is 0 Å². The van der Waals surface area contributed by atoms with Crippen molar-refractivity contribution in [2.75, 3.05) is 10.6 Å². The zero-order chi connectivity index (χ0) is 9.68. The number of carbonyl (C=O) groups excluding carboxylic acids is 2. The fourth-order valence-corrected chi connectivity index (χ4v) is 0.973. The number of anilines is 2. The number of carbonyl (C=O) groups is 2. The van der Waals surface area contributed by atoms with Gasteiger partial charge in [-0.25, -0.2) is 4.98 Å². The van der Waals surface area contributed by atoms with Gasteiger partial charge in [-0.15, -0.1) is 0 Å². The molecule has 0 unspecified atom stereocenters. The van der Waals surface area contributed by atoms with E-state index in [1.54, 1.807) is 0 Å². The molecule has 1 heterocycles. The van der Waals surface area contributed by atoms with E-state index in [1.807, 2.05) is 0 Å². The number of amides is 2. The molecule has 2 amide bonds. The maximum atomic E-state index is 10.1. The molecule has 13 heavy (non-hydrogen) atoms. The molecule has 0 aliphatic heterocycles. The molecule has 0 atom stereocenters. The summed E-state index contributed by atoms with van der Waals surface area (Å²) in [6.07, 6.45) is 0.951. The number of hydrogen-bond acceptors (Lipinski definition) is 3. The number of hydrogen-bond donors (Lipinski definition) is 2. The van der Waals surface area contributed by atoms with Gasteiger partial charge >= 0.3 is 0 Å². The zero-order valence-corrected chi connectivity index (χ0v) is 7.21. The molecule has 0 bridgehead atoms. The van der Waals surface area contributed by atoms with Crippen molar-refractivity contribution < 1.29 is 9.59 Å². The van der Waals surface area contributed by atoms with E-state index in [0.717, 1.165) is 0 Å². The van der Waals surface area contributed by atoms with Crippen molar-refractivity contribution in [1.29, 1.82) is 0 Å². The molecule has 1 aromatic rings. The van der Waals surface area contributed by atoms with Gasteiger partial charge in [-0.1, -0.05) is 11.6 Å².